The summed E-state index contributed by atoms with van der Waals surface area (Å²) in [7, 11) is 1.98. The molecule has 1 saturated carbocycles. The van der Waals surface area contributed by atoms with Gasteiger partial charge in [0.2, 0.25) is 0 Å². The standard InChI is InChI=1S/C17H21N3O/c1-11-6-12(2)8-14(7-11)17(21)18-10-15-9-16(13-4-5-13)20(3)19-15/h6-9,13H,4-5,10H2,1-3H3,(H,18,21). The van der Waals surface area contributed by atoms with Gasteiger partial charge >= 0.3 is 0 Å². The number of nitrogens with one attached hydrogen (secondary N) is 1. The zero-order chi connectivity index (χ0) is 15.0. The summed E-state index contributed by atoms with van der Waals surface area (Å²) >= 11 is 0. The summed E-state index contributed by atoms with van der Waals surface area (Å²) in [5.41, 5.74) is 5.14. The van der Waals surface area contributed by atoms with Crippen molar-refractivity contribution in [3.8, 4) is 0 Å². The van der Waals surface area contributed by atoms with Crippen LogP contribution in [0.2, 0.25) is 0 Å². The average molecular weight is 283 g/mol. The minimum absolute atomic E-state index is 0.0413. The molecule has 1 amide bonds. The van der Waals surface area contributed by atoms with E-state index in [1.165, 1.54) is 18.5 Å². The number of hydrogen-bond donors (Lipinski definition) is 1. The number of aromatic nitrogens is 2. The molecule has 1 heterocycles. The number of carbonyl (C=O) groups is 1. The van der Waals surface area contributed by atoms with E-state index in [-0.39, 0.29) is 5.91 Å². The van der Waals surface area contributed by atoms with Gasteiger partial charge in [0.05, 0.1) is 12.2 Å². The number of benzene rings is 1. The Bertz CT molecular complexity index is 663. The van der Waals surface area contributed by atoms with Crippen molar-refractivity contribution in [2.45, 2.75) is 39.2 Å². The van der Waals surface area contributed by atoms with Gasteiger partial charge in [0.15, 0.2) is 0 Å². The molecule has 1 fully saturated rings. The Kier molecular flexibility index (Phi) is 3.53. The SMILES string of the molecule is Cc1cc(C)cc(C(=O)NCc2cc(C3CC3)n(C)n2)c1. The molecule has 0 radical (unpaired) electrons. The van der Waals surface area contributed by atoms with Crippen LogP contribution in [0.15, 0.2) is 24.3 Å². The lowest BCUT2D eigenvalue weighted by molar-refractivity contribution is 0.0950. The smallest absolute Gasteiger partial charge is 0.251 e. The summed E-state index contributed by atoms with van der Waals surface area (Å²) in [6.45, 7) is 4.49. The molecule has 0 bridgehead atoms. The third-order valence-corrected chi connectivity index (χ3v) is 3.88. The van der Waals surface area contributed by atoms with E-state index in [2.05, 4.69) is 22.5 Å². The van der Waals surface area contributed by atoms with Crippen LogP contribution in [0.5, 0.6) is 0 Å². The molecule has 0 spiro atoms. The van der Waals surface area contributed by atoms with E-state index >= 15 is 0 Å². The van der Waals surface area contributed by atoms with Crippen LogP contribution in [-0.4, -0.2) is 15.7 Å². The predicted molar refractivity (Wildman–Crippen MR) is 82.3 cm³/mol. The first-order chi connectivity index (χ1) is 10.0. The Morgan fingerprint density at radius 3 is 2.52 bits per heavy atom. The van der Waals surface area contributed by atoms with Gasteiger partial charge in [-0.1, -0.05) is 17.2 Å². The first-order valence-corrected chi connectivity index (χ1v) is 7.42. The highest BCUT2D eigenvalue weighted by atomic mass is 16.1. The number of rotatable bonds is 4. The van der Waals surface area contributed by atoms with Crippen molar-refractivity contribution < 1.29 is 4.79 Å². The largest absolute Gasteiger partial charge is 0.346 e. The third kappa shape index (κ3) is 3.15. The van der Waals surface area contributed by atoms with Crippen LogP contribution in [0.25, 0.3) is 0 Å². The third-order valence-electron chi connectivity index (χ3n) is 3.88. The number of hydrogen-bond acceptors (Lipinski definition) is 2. The van der Waals surface area contributed by atoms with E-state index in [1.54, 1.807) is 0 Å². The van der Waals surface area contributed by atoms with Crippen LogP contribution in [0.1, 0.15) is 51.6 Å². The second-order valence-electron chi connectivity index (χ2n) is 6.02. The van der Waals surface area contributed by atoms with Gasteiger partial charge in [-0.15, -0.1) is 0 Å². The Balaban J connectivity index is 1.66. The number of amides is 1. The second-order valence-corrected chi connectivity index (χ2v) is 6.02. The van der Waals surface area contributed by atoms with Crippen molar-refractivity contribution in [3.05, 3.63) is 52.3 Å². The molecule has 21 heavy (non-hydrogen) atoms. The maximum atomic E-state index is 12.2. The van der Waals surface area contributed by atoms with Gasteiger partial charge in [-0.25, -0.2) is 0 Å². The molecule has 0 atom stereocenters. The quantitative estimate of drug-likeness (QED) is 0.938. The molecule has 3 rings (SSSR count). The fraction of sp³-hybridized carbons (Fsp3) is 0.412. The van der Waals surface area contributed by atoms with Crippen LogP contribution in [0.4, 0.5) is 0 Å². The molecule has 1 N–H and O–H groups in total. The molecule has 0 aliphatic heterocycles. The van der Waals surface area contributed by atoms with Gasteiger partial charge in [0, 0.05) is 24.2 Å². The molecule has 1 aromatic heterocycles. The molecule has 0 unspecified atom stereocenters. The summed E-state index contributed by atoms with van der Waals surface area (Å²) in [5, 5.41) is 7.43. The fourth-order valence-corrected chi connectivity index (χ4v) is 2.77. The molecule has 1 aromatic carbocycles. The van der Waals surface area contributed by atoms with E-state index in [4.69, 9.17) is 0 Å². The van der Waals surface area contributed by atoms with Crippen molar-refractivity contribution in [1.29, 1.82) is 0 Å². The number of aryl methyl sites for hydroxylation is 3. The van der Waals surface area contributed by atoms with Gasteiger partial charge in [0.25, 0.3) is 5.91 Å². The molecule has 110 valence electrons. The monoisotopic (exact) mass is 283 g/mol. The first-order valence-electron chi connectivity index (χ1n) is 7.42. The van der Waals surface area contributed by atoms with Crippen LogP contribution in [0.3, 0.4) is 0 Å². The van der Waals surface area contributed by atoms with Gasteiger partial charge in [-0.05, 0) is 44.9 Å². The molecule has 0 saturated heterocycles. The highest BCUT2D eigenvalue weighted by Crippen LogP contribution is 2.39. The lowest BCUT2D eigenvalue weighted by Crippen LogP contribution is -2.23. The predicted octanol–water partition coefficient (Wildman–Crippen LogP) is 2.84. The zero-order valence-corrected chi connectivity index (χ0v) is 12.8. The number of carbonyl (C=O) groups excluding carboxylic acids is 1. The minimum atomic E-state index is -0.0413. The Hall–Kier alpha value is -2.10. The lowest BCUT2D eigenvalue weighted by atomic mass is 10.1. The molecule has 1 aliphatic rings. The Labute approximate surface area is 125 Å². The molecular formula is C17H21N3O. The maximum Gasteiger partial charge on any atom is 0.251 e. The van der Waals surface area contributed by atoms with Gasteiger partial charge in [0.1, 0.15) is 0 Å². The van der Waals surface area contributed by atoms with E-state index in [9.17, 15) is 4.79 Å². The van der Waals surface area contributed by atoms with Crippen molar-refractivity contribution in [1.82, 2.24) is 15.1 Å². The highest BCUT2D eigenvalue weighted by molar-refractivity contribution is 5.94. The van der Waals surface area contributed by atoms with Gasteiger partial charge in [-0.3, -0.25) is 9.48 Å². The van der Waals surface area contributed by atoms with Crippen LogP contribution in [-0.2, 0) is 13.6 Å². The van der Waals surface area contributed by atoms with E-state index in [1.807, 2.05) is 37.7 Å². The van der Waals surface area contributed by atoms with Gasteiger partial charge in [-0.2, -0.15) is 5.10 Å². The van der Waals surface area contributed by atoms with Crippen molar-refractivity contribution >= 4 is 5.91 Å². The normalized spacial score (nSPS) is 14.2. The molecule has 4 nitrogen and oxygen atoms in total. The van der Waals surface area contributed by atoms with Crippen LogP contribution < -0.4 is 5.32 Å². The number of nitrogens with zero attached hydrogens (tertiary/aromatic N) is 2. The lowest BCUT2D eigenvalue weighted by Gasteiger charge is -2.05. The van der Waals surface area contributed by atoms with Crippen LogP contribution in [0, 0.1) is 13.8 Å². The molecule has 2 aromatic rings. The first kappa shape index (κ1) is 13.9. The van der Waals surface area contributed by atoms with Crippen LogP contribution >= 0.6 is 0 Å². The highest BCUT2D eigenvalue weighted by Gasteiger charge is 2.27. The summed E-state index contributed by atoms with van der Waals surface area (Å²) in [5.74, 6) is 0.631. The average Bonchev–Trinajstić information content (AvgIpc) is 3.19. The Morgan fingerprint density at radius 2 is 1.90 bits per heavy atom. The van der Waals surface area contributed by atoms with Crippen molar-refractivity contribution in [2.24, 2.45) is 7.05 Å². The van der Waals surface area contributed by atoms with E-state index in [0.29, 0.717) is 18.0 Å². The Morgan fingerprint density at radius 1 is 1.24 bits per heavy atom. The fourth-order valence-electron chi connectivity index (χ4n) is 2.77. The molecule has 1 aliphatic carbocycles. The van der Waals surface area contributed by atoms with E-state index in [0.717, 1.165) is 16.8 Å². The molecule has 4 heteroatoms. The topological polar surface area (TPSA) is 46.9 Å². The second kappa shape index (κ2) is 5.35. The molecular weight excluding hydrogens is 262 g/mol. The summed E-state index contributed by atoms with van der Waals surface area (Å²) in [4.78, 5) is 12.2. The zero-order valence-electron chi connectivity index (χ0n) is 12.8. The summed E-state index contributed by atoms with van der Waals surface area (Å²) in [6, 6.07) is 8.00. The maximum absolute atomic E-state index is 12.2. The van der Waals surface area contributed by atoms with Crippen molar-refractivity contribution in [2.75, 3.05) is 0 Å². The summed E-state index contributed by atoms with van der Waals surface area (Å²) in [6.07, 6.45) is 2.52. The summed E-state index contributed by atoms with van der Waals surface area (Å²) < 4.78 is 1.94. The minimum Gasteiger partial charge on any atom is -0.346 e. The van der Waals surface area contributed by atoms with Crippen molar-refractivity contribution in [3.63, 3.8) is 0 Å². The van der Waals surface area contributed by atoms with E-state index < -0.39 is 0 Å². The van der Waals surface area contributed by atoms with Gasteiger partial charge < -0.3 is 5.32 Å².